The Labute approximate surface area is 194 Å². The van der Waals surface area contributed by atoms with Crippen molar-refractivity contribution in [2.45, 2.75) is 19.0 Å². The molecule has 1 aliphatic rings. The van der Waals surface area contributed by atoms with Gasteiger partial charge in [-0.1, -0.05) is 11.8 Å². The zero-order valence-corrected chi connectivity index (χ0v) is 19.2. The molecule has 4 aromatic rings. The molecule has 0 bridgehead atoms. The summed E-state index contributed by atoms with van der Waals surface area (Å²) in [6.07, 6.45) is 0. The van der Waals surface area contributed by atoms with Crippen molar-refractivity contribution in [1.82, 2.24) is 19.7 Å². The number of ether oxygens (including phenoxy) is 3. The van der Waals surface area contributed by atoms with Crippen molar-refractivity contribution in [2.24, 2.45) is 0 Å². The number of aryl methyl sites for hydroxylation is 1. The monoisotopic (exact) mass is 462 g/mol. The van der Waals surface area contributed by atoms with Crippen molar-refractivity contribution in [3.05, 3.63) is 65.5 Å². The Kier molecular flexibility index (Phi) is 5.55. The summed E-state index contributed by atoms with van der Waals surface area (Å²) in [6, 6.07) is 15.2. The molecule has 0 saturated heterocycles. The summed E-state index contributed by atoms with van der Waals surface area (Å²) in [5.74, 6) is 3.13. The fourth-order valence-electron chi connectivity index (χ4n) is 3.86. The largest absolute Gasteiger partial charge is 0.497 e. The summed E-state index contributed by atoms with van der Waals surface area (Å²) in [4.78, 5) is 17.5. The van der Waals surface area contributed by atoms with Gasteiger partial charge in [-0.25, -0.2) is 4.98 Å². The van der Waals surface area contributed by atoms with Crippen molar-refractivity contribution in [2.75, 3.05) is 19.7 Å². The van der Waals surface area contributed by atoms with E-state index in [-0.39, 0.29) is 18.3 Å². The Morgan fingerprint density at radius 2 is 1.91 bits per heavy atom. The van der Waals surface area contributed by atoms with Gasteiger partial charge in [-0.15, -0.1) is 5.10 Å². The third kappa shape index (κ3) is 4.07. The van der Waals surface area contributed by atoms with E-state index in [1.165, 1.54) is 11.8 Å². The van der Waals surface area contributed by atoms with Gasteiger partial charge in [0.25, 0.3) is 0 Å². The van der Waals surface area contributed by atoms with Gasteiger partial charge in [0.15, 0.2) is 23.1 Å². The van der Waals surface area contributed by atoms with Gasteiger partial charge >= 0.3 is 0 Å². The summed E-state index contributed by atoms with van der Waals surface area (Å²) in [5.41, 5.74) is 4.36. The number of Topliss-reactive ketones (excluding diaryl/α,β-unsaturated/α-hetero) is 1. The molecule has 9 heteroatoms. The Morgan fingerprint density at radius 1 is 1.12 bits per heavy atom. The Morgan fingerprint density at radius 3 is 2.70 bits per heavy atom. The number of aromatic nitrogens is 4. The van der Waals surface area contributed by atoms with Gasteiger partial charge in [0.05, 0.1) is 12.9 Å². The molecule has 0 fully saturated rings. The number of thioether (sulfide) groups is 1. The zero-order valence-electron chi connectivity index (χ0n) is 18.4. The van der Waals surface area contributed by atoms with Gasteiger partial charge in [-0.2, -0.15) is 0 Å². The molecule has 0 aliphatic carbocycles. The minimum Gasteiger partial charge on any atom is -0.497 e. The molecule has 1 N–H and O–H groups in total. The highest BCUT2D eigenvalue weighted by Gasteiger charge is 2.20. The second kappa shape index (κ2) is 8.67. The van der Waals surface area contributed by atoms with E-state index >= 15 is 0 Å². The first-order chi connectivity index (χ1) is 16.0. The number of ketones is 1. The molecular weight excluding hydrogens is 440 g/mol. The van der Waals surface area contributed by atoms with Gasteiger partial charge in [0.1, 0.15) is 5.75 Å². The first kappa shape index (κ1) is 21.1. The highest BCUT2D eigenvalue weighted by Crippen LogP contribution is 2.35. The molecule has 3 heterocycles. The highest BCUT2D eigenvalue weighted by atomic mass is 32.2. The number of aromatic amines is 1. The molecule has 0 saturated carbocycles. The van der Waals surface area contributed by atoms with Gasteiger partial charge in [0.2, 0.25) is 11.9 Å². The molecule has 0 amide bonds. The number of hydrogen-bond donors (Lipinski definition) is 1. The second-order valence-corrected chi connectivity index (χ2v) is 8.51. The first-order valence-corrected chi connectivity index (χ1v) is 11.3. The van der Waals surface area contributed by atoms with Crippen LogP contribution in [0.2, 0.25) is 0 Å². The summed E-state index contributed by atoms with van der Waals surface area (Å²) >= 11 is 1.31. The molecule has 5 rings (SSSR count). The lowest BCUT2D eigenvalue weighted by molar-refractivity contribution is 0.102. The van der Waals surface area contributed by atoms with Crippen molar-refractivity contribution in [1.29, 1.82) is 0 Å². The smallest absolute Gasteiger partial charge is 0.231 e. The van der Waals surface area contributed by atoms with Crippen molar-refractivity contribution in [3.63, 3.8) is 0 Å². The normalized spacial score (nSPS) is 12.2. The van der Waals surface area contributed by atoms with Gasteiger partial charge in [-0.3, -0.25) is 9.89 Å². The molecule has 168 valence electrons. The van der Waals surface area contributed by atoms with Crippen LogP contribution >= 0.6 is 11.8 Å². The van der Waals surface area contributed by atoms with Crippen LogP contribution in [0.4, 0.5) is 0 Å². The SMILES string of the molecule is COc1ccc(-c2nc(SCC(=O)c3cc(C)n(-c4ccc5c(c4)OCO5)c3C)n[nH]2)cc1. The number of benzene rings is 2. The van der Waals surface area contributed by atoms with Gasteiger partial charge in [-0.05, 0) is 56.3 Å². The van der Waals surface area contributed by atoms with Gasteiger partial charge < -0.3 is 18.8 Å². The number of fused-ring (bicyclic) bond motifs is 1. The quantitative estimate of drug-likeness (QED) is 0.317. The molecule has 2 aromatic carbocycles. The predicted octanol–water partition coefficient (Wildman–Crippen LogP) is 4.59. The van der Waals surface area contributed by atoms with Crippen molar-refractivity contribution >= 4 is 17.5 Å². The lowest BCUT2D eigenvalue weighted by Crippen LogP contribution is -2.05. The van der Waals surface area contributed by atoms with Crippen LogP contribution in [-0.4, -0.2) is 45.2 Å². The predicted molar refractivity (Wildman–Crippen MR) is 125 cm³/mol. The number of nitrogens with zero attached hydrogens (tertiary/aromatic N) is 3. The van der Waals surface area contributed by atoms with Crippen LogP contribution in [0.5, 0.6) is 17.2 Å². The number of hydrogen-bond acceptors (Lipinski definition) is 7. The van der Waals surface area contributed by atoms with Crippen molar-refractivity contribution in [3.8, 4) is 34.3 Å². The lowest BCUT2D eigenvalue weighted by atomic mass is 10.2. The third-order valence-electron chi connectivity index (χ3n) is 5.51. The lowest BCUT2D eigenvalue weighted by Gasteiger charge is -2.10. The van der Waals surface area contributed by atoms with Crippen LogP contribution < -0.4 is 14.2 Å². The van der Waals surface area contributed by atoms with E-state index in [1.54, 1.807) is 7.11 Å². The van der Waals surface area contributed by atoms with E-state index in [0.29, 0.717) is 22.3 Å². The van der Waals surface area contributed by atoms with Crippen molar-refractivity contribution < 1.29 is 19.0 Å². The van der Waals surface area contributed by atoms with Crippen LogP contribution in [0.3, 0.4) is 0 Å². The van der Waals surface area contributed by atoms with Crippen LogP contribution in [0.25, 0.3) is 17.1 Å². The Bertz CT molecular complexity index is 1330. The maximum absolute atomic E-state index is 13.0. The topological polar surface area (TPSA) is 91.3 Å². The van der Waals surface area contributed by atoms with Crippen LogP contribution in [0.15, 0.2) is 53.7 Å². The summed E-state index contributed by atoms with van der Waals surface area (Å²) in [6.45, 7) is 4.16. The number of H-pyrrole nitrogens is 1. The van der Waals surface area contributed by atoms with E-state index in [1.807, 2.05) is 62.4 Å². The van der Waals surface area contributed by atoms with Gasteiger partial charge in [0, 0.05) is 34.3 Å². The average Bonchev–Trinajstić information content (AvgIpc) is 3.56. The molecule has 33 heavy (non-hydrogen) atoms. The molecule has 0 unspecified atom stereocenters. The zero-order chi connectivity index (χ0) is 22.9. The Hall–Kier alpha value is -3.72. The van der Waals surface area contributed by atoms with E-state index in [0.717, 1.165) is 34.1 Å². The number of rotatable bonds is 7. The molecule has 8 nitrogen and oxygen atoms in total. The van der Waals surface area contributed by atoms with Crippen LogP contribution in [-0.2, 0) is 0 Å². The number of nitrogens with one attached hydrogen (secondary N) is 1. The van der Waals surface area contributed by atoms with Crippen LogP contribution in [0, 0.1) is 13.8 Å². The molecule has 1 aliphatic heterocycles. The van der Waals surface area contributed by atoms with E-state index in [4.69, 9.17) is 14.2 Å². The third-order valence-corrected chi connectivity index (χ3v) is 6.35. The van der Waals surface area contributed by atoms with E-state index in [2.05, 4.69) is 19.7 Å². The minimum atomic E-state index is 0.0240. The fourth-order valence-corrected chi connectivity index (χ4v) is 4.55. The molecule has 0 atom stereocenters. The molecule has 0 radical (unpaired) electrons. The summed E-state index contributed by atoms with van der Waals surface area (Å²) in [5, 5.41) is 7.70. The maximum atomic E-state index is 13.0. The molecule has 0 spiro atoms. The second-order valence-electron chi connectivity index (χ2n) is 7.56. The van der Waals surface area contributed by atoms with E-state index in [9.17, 15) is 4.79 Å². The number of methoxy groups -OCH3 is 1. The van der Waals surface area contributed by atoms with E-state index < -0.39 is 0 Å². The average molecular weight is 463 g/mol. The fraction of sp³-hybridized carbons (Fsp3) is 0.208. The maximum Gasteiger partial charge on any atom is 0.231 e. The summed E-state index contributed by atoms with van der Waals surface area (Å²) < 4.78 is 18.1. The molecule has 2 aromatic heterocycles. The Balaban J connectivity index is 1.30. The minimum absolute atomic E-state index is 0.0240. The highest BCUT2D eigenvalue weighted by molar-refractivity contribution is 7.99. The first-order valence-electron chi connectivity index (χ1n) is 10.4. The summed E-state index contributed by atoms with van der Waals surface area (Å²) in [7, 11) is 1.63. The van der Waals surface area contributed by atoms with Crippen LogP contribution in [0.1, 0.15) is 21.7 Å². The number of carbonyl (C=O) groups is 1. The standard InChI is InChI=1S/C24H22N4O4S/c1-14-10-19(15(2)28(14)17-6-9-21-22(11-17)32-13-31-21)20(29)12-33-24-25-23(26-27-24)16-4-7-18(30-3)8-5-16/h4-11H,12-13H2,1-3H3,(H,25,26,27). The number of carbonyl (C=O) groups excluding carboxylic acids is 1. The molecular formula is C24H22N4O4S.